The molecule has 3 N–H and O–H groups in total. The number of nitrogens with zero attached hydrogens (tertiary/aromatic N) is 4. The molecule has 3 heterocycles. The number of fused-ring (bicyclic) bond motifs is 1. The van der Waals surface area contributed by atoms with Gasteiger partial charge in [-0.25, -0.2) is 4.99 Å². The molecule has 0 bridgehead atoms. The summed E-state index contributed by atoms with van der Waals surface area (Å²) in [6.45, 7) is 1.26. The summed E-state index contributed by atoms with van der Waals surface area (Å²) in [5.41, 5.74) is 10.2. The first-order chi connectivity index (χ1) is 14.1. The van der Waals surface area contributed by atoms with Gasteiger partial charge in [-0.15, -0.1) is 5.10 Å². The normalized spacial score (nSPS) is 17.4. The van der Waals surface area contributed by atoms with Crippen LogP contribution in [0.5, 0.6) is 0 Å². The molecule has 0 radical (unpaired) electrons. The van der Waals surface area contributed by atoms with Gasteiger partial charge in [0.25, 0.3) is 5.91 Å². The van der Waals surface area contributed by atoms with Gasteiger partial charge in [-0.3, -0.25) is 4.79 Å². The van der Waals surface area contributed by atoms with Crippen molar-refractivity contribution >= 4 is 29.0 Å². The lowest BCUT2D eigenvalue weighted by Gasteiger charge is -2.42. The number of nitrogens with one attached hydrogen (secondary N) is 1. The lowest BCUT2D eigenvalue weighted by molar-refractivity contribution is 0.0685. The molecule has 1 saturated heterocycles. The predicted molar refractivity (Wildman–Crippen MR) is 114 cm³/mol. The molecule has 2 aromatic carbocycles. The van der Waals surface area contributed by atoms with Crippen LogP contribution in [-0.2, 0) is 0 Å². The Hall–Kier alpha value is -3.26. The van der Waals surface area contributed by atoms with Crippen molar-refractivity contribution in [3.63, 3.8) is 0 Å². The number of para-hydroxylation sites is 1. The summed E-state index contributed by atoms with van der Waals surface area (Å²) in [7, 11) is 0. The zero-order chi connectivity index (χ0) is 19.8. The van der Waals surface area contributed by atoms with E-state index in [0.717, 1.165) is 35.3 Å². The van der Waals surface area contributed by atoms with Gasteiger partial charge < -0.3 is 16.0 Å². The second-order valence-electron chi connectivity index (χ2n) is 7.36. The standard InChI is InChI=1S/C21H20N6OS/c22-19-16-3-1-2-4-17(16)23-21(24-19)9-11-27(12-10-21)20(28)15-7-5-14(6-8-15)18-13-29-26-25-18/h1-8,13,23H,9-12H2,(H2,22,24). The molecule has 1 spiro atoms. The third-order valence-electron chi connectivity index (χ3n) is 5.57. The van der Waals surface area contributed by atoms with Gasteiger partial charge in [0.05, 0.1) is 0 Å². The van der Waals surface area contributed by atoms with Gasteiger partial charge in [-0.1, -0.05) is 28.8 Å². The van der Waals surface area contributed by atoms with Crippen molar-refractivity contribution in [2.75, 3.05) is 18.4 Å². The number of benzene rings is 2. The molecule has 0 aliphatic carbocycles. The maximum absolute atomic E-state index is 13.0. The minimum atomic E-state index is -0.434. The van der Waals surface area contributed by atoms with E-state index in [2.05, 4.69) is 14.9 Å². The lowest BCUT2D eigenvalue weighted by atomic mass is 9.93. The van der Waals surface area contributed by atoms with Crippen molar-refractivity contribution in [1.82, 2.24) is 14.5 Å². The highest BCUT2D eigenvalue weighted by molar-refractivity contribution is 7.03. The Morgan fingerprint density at radius 2 is 1.86 bits per heavy atom. The number of amidine groups is 1. The van der Waals surface area contributed by atoms with Crippen molar-refractivity contribution < 1.29 is 4.79 Å². The largest absolute Gasteiger partial charge is 0.383 e. The fraction of sp³-hybridized carbons (Fsp3) is 0.238. The fourth-order valence-electron chi connectivity index (χ4n) is 3.96. The molecule has 146 valence electrons. The molecule has 2 aliphatic rings. The van der Waals surface area contributed by atoms with Gasteiger partial charge in [-0.2, -0.15) is 0 Å². The second kappa shape index (κ2) is 6.97. The first-order valence-corrected chi connectivity index (χ1v) is 10.4. The summed E-state index contributed by atoms with van der Waals surface area (Å²) in [4.78, 5) is 19.6. The smallest absolute Gasteiger partial charge is 0.253 e. The van der Waals surface area contributed by atoms with Crippen molar-refractivity contribution in [2.45, 2.75) is 18.5 Å². The SMILES string of the molecule is NC1=NC2(CCN(C(=O)c3ccc(-c4csnn4)cc3)CC2)Nc2ccccc21. The van der Waals surface area contributed by atoms with Gasteiger partial charge in [0.1, 0.15) is 17.2 Å². The number of hydrogen-bond acceptors (Lipinski definition) is 7. The van der Waals surface area contributed by atoms with Crippen LogP contribution in [0.3, 0.4) is 0 Å². The zero-order valence-electron chi connectivity index (χ0n) is 15.7. The molecule has 1 aromatic heterocycles. The van der Waals surface area contributed by atoms with Gasteiger partial charge in [0.2, 0.25) is 0 Å². The van der Waals surface area contributed by atoms with Crippen LogP contribution >= 0.6 is 11.5 Å². The number of aromatic nitrogens is 2. The van der Waals surface area contributed by atoms with Crippen LogP contribution in [0, 0.1) is 0 Å². The van der Waals surface area contributed by atoms with Crippen LogP contribution in [0.1, 0.15) is 28.8 Å². The van der Waals surface area contributed by atoms with Crippen LogP contribution in [0.25, 0.3) is 11.3 Å². The quantitative estimate of drug-likeness (QED) is 0.684. The Morgan fingerprint density at radius 3 is 2.59 bits per heavy atom. The van der Waals surface area contributed by atoms with E-state index >= 15 is 0 Å². The van der Waals surface area contributed by atoms with Crippen LogP contribution in [-0.4, -0.2) is 45.0 Å². The first-order valence-electron chi connectivity index (χ1n) is 9.53. The summed E-state index contributed by atoms with van der Waals surface area (Å²) in [6.07, 6.45) is 1.44. The molecule has 2 aliphatic heterocycles. The van der Waals surface area contributed by atoms with Crippen molar-refractivity contribution in [3.8, 4) is 11.3 Å². The molecule has 8 heteroatoms. The maximum Gasteiger partial charge on any atom is 0.253 e. The lowest BCUT2D eigenvalue weighted by Crippen LogP contribution is -2.52. The molecule has 5 rings (SSSR count). The van der Waals surface area contributed by atoms with E-state index in [1.54, 1.807) is 0 Å². The molecular formula is C21H20N6OS. The Bertz CT molecular complexity index is 1070. The summed E-state index contributed by atoms with van der Waals surface area (Å²) in [5, 5.41) is 9.50. The number of anilines is 1. The van der Waals surface area contributed by atoms with Crippen LogP contribution in [0.4, 0.5) is 5.69 Å². The second-order valence-corrected chi connectivity index (χ2v) is 7.97. The Balaban J connectivity index is 1.29. The average Bonchev–Trinajstić information content (AvgIpc) is 3.29. The summed E-state index contributed by atoms with van der Waals surface area (Å²) in [6, 6.07) is 15.5. The Labute approximate surface area is 172 Å². The van der Waals surface area contributed by atoms with Gasteiger partial charge >= 0.3 is 0 Å². The molecule has 7 nitrogen and oxygen atoms in total. The van der Waals surface area contributed by atoms with E-state index in [-0.39, 0.29) is 5.91 Å². The number of nitrogens with two attached hydrogens (primary N) is 1. The number of hydrogen-bond donors (Lipinski definition) is 2. The molecule has 0 saturated carbocycles. The van der Waals surface area contributed by atoms with Crippen molar-refractivity contribution in [2.24, 2.45) is 10.7 Å². The van der Waals surface area contributed by atoms with Crippen molar-refractivity contribution in [3.05, 3.63) is 65.0 Å². The summed E-state index contributed by atoms with van der Waals surface area (Å²) < 4.78 is 3.88. The van der Waals surface area contributed by atoms with Crippen LogP contribution < -0.4 is 11.1 Å². The molecule has 1 fully saturated rings. The molecule has 1 amide bonds. The number of carbonyl (C=O) groups is 1. The molecule has 3 aromatic rings. The van der Waals surface area contributed by atoms with Gasteiger partial charge in [-0.05, 0) is 35.8 Å². The molecule has 29 heavy (non-hydrogen) atoms. The van der Waals surface area contributed by atoms with E-state index in [1.807, 2.05) is 58.8 Å². The zero-order valence-corrected chi connectivity index (χ0v) is 16.5. The summed E-state index contributed by atoms with van der Waals surface area (Å²) in [5.74, 6) is 0.599. The highest BCUT2D eigenvalue weighted by Crippen LogP contribution is 2.34. The minimum absolute atomic E-state index is 0.0379. The summed E-state index contributed by atoms with van der Waals surface area (Å²) >= 11 is 1.31. The van der Waals surface area contributed by atoms with Crippen LogP contribution in [0.15, 0.2) is 58.9 Å². The van der Waals surface area contributed by atoms with E-state index in [9.17, 15) is 4.79 Å². The highest BCUT2D eigenvalue weighted by Gasteiger charge is 2.38. The number of likely N-dealkylation sites (tertiary alicyclic amines) is 1. The molecular weight excluding hydrogens is 384 g/mol. The number of rotatable bonds is 2. The highest BCUT2D eigenvalue weighted by atomic mass is 32.1. The molecule has 0 unspecified atom stereocenters. The average molecular weight is 404 g/mol. The number of carbonyl (C=O) groups excluding carboxylic acids is 1. The molecule has 0 atom stereocenters. The Morgan fingerprint density at radius 1 is 1.10 bits per heavy atom. The third kappa shape index (κ3) is 3.25. The minimum Gasteiger partial charge on any atom is -0.383 e. The number of amides is 1. The Kier molecular flexibility index (Phi) is 4.28. The third-order valence-corrected chi connectivity index (χ3v) is 6.07. The van der Waals surface area contributed by atoms with E-state index in [4.69, 9.17) is 10.7 Å². The number of aliphatic imine (C=N–C) groups is 1. The maximum atomic E-state index is 13.0. The monoisotopic (exact) mass is 404 g/mol. The van der Waals surface area contributed by atoms with E-state index in [0.29, 0.717) is 24.5 Å². The van der Waals surface area contributed by atoms with Crippen LogP contribution in [0.2, 0.25) is 0 Å². The number of piperidine rings is 1. The predicted octanol–water partition coefficient (Wildman–Crippen LogP) is 2.97. The van der Waals surface area contributed by atoms with E-state index < -0.39 is 5.66 Å². The van der Waals surface area contributed by atoms with Crippen molar-refractivity contribution in [1.29, 1.82) is 0 Å². The first kappa shape index (κ1) is 17.8. The van der Waals surface area contributed by atoms with Gasteiger partial charge in [0.15, 0.2) is 0 Å². The van der Waals surface area contributed by atoms with E-state index in [1.165, 1.54) is 11.5 Å². The fourth-order valence-corrected chi connectivity index (χ4v) is 4.42. The topological polar surface area (TPSA) is 96.5 Å². The van der Waals surface area contributed by atoms with Gasteiger partial charge in [0, 0.05) is 53.7 Å².